The molecule has 3 rings (SSSR count). The molecular weight excluding hydrogens is 379 g/mol. The van der Waals surface area contributed by atoms with Crippen LogP contribution in [-0.2, 0) is 19.5 Å². The molecule has 1 heterocycles. The van der Waals surface area contributed by atoms with E-state index in [0.29, 0.717) is 11.8 Å². The molecule has 5 nitrogen and oxygen atoms in total. The molecule has 1 saturated heterocycles. The summed E-state index contributed by atoms with van der Waals surface area (Å²) in [4.78, 5) is 6.76. The Morgan fingerprint density at radius 1 is 1.17 bits per heavy atom. The molecule has 1 aliphatic rings. The lowest BCUT2D eigenvalue weighted by atomic mass is 10.0. The fourth-order valence-corrected chi connectivity index (χ4v) is 3.94. The first-order valence-corrected chi connectivity index (χ1v) is 10.7. The molecule has 0 atom stereocenters. The van der Waals surface area contributed by atoms with Gasteiger partial charge in [-0.3, -0.25) is 9.89 Å². The number of aliphatic imine (C=N–C) groups is 1. The minimum Gasteiger partial charge on any atom is -0.494 e. The summed E-state index contributed by atoms with van der Waals surface area (Å²) in [7, 11) is 3.30. The number of ether oxygens (including phenoxy) is 1. The summed E-state index contributed by atoms with van der Waals surface area (Å²) in [6.07, 6.45) is 3.09. The van der Waals surface area contributed by atoms with E-state index in [9.17, 15) is 4.39 Å². The number of aryl methyl sites for hydroxylation is 1. The van der Waals surface area contributed by atoms with Gasteiger partial charge in [-0.25, -0.2) is 4.39 Å². The first kappa shape index (κ1) is 22.1. The number of guanidine groups is 1. The zero-order valence-corrected chi connectivity index (χ0v) is 18.2. The number of methoxy groups -OCH3 is 1. The van der Waals surface area contributed by atoms with Gasteiger partial charge in [-0.1, -0.05) is 37.3 Å². The molecule has 0 radical (unpaired) electrons. The predicted octanol–water partition coefficient (Wildman–Crippen LogP) is 3.73. The SMILES string of the molecule is CCc1ccccc1CNC(=NC)NC1CCN(Cc2ccc(OC)c(F)c2)CC1. The number of hydrogen-bond acceptors (Lipinski definition) is 3. The van der Waals surface area contributed by atoms with Crippen molar-refractivity contribution in [2.45, 2.75) is 45.3 Å². The van der Waals surface area contributed by atoms with Gasteiger partial charge >= 0.3 is 0 Å². The van der Waals surface area contributed by atoms with Gasteiger partial charge in [0, 0.05) is 39.3 Å². The highest BCUT2D eigenvalue weighted by atomic mass is 19.1. The average molecular weight is 413 g/mol. The highest BCUT2D eigenvalue weighted by Crippen LogP contribution is 2.20. The Kier molecular flexibility index (Phi) is 8.08. The van der Waals surface area contributed by atoms with Crippen LogP contribution < -0.4 is 15.4 Å². The molecule has 2 aromatic carbocycles. The number of rotatable bonds is 7. The molecule has 6 heteroatoms. The first-order chi connectivity index (χ1) is 14.6. The molecule has 162 valence electrons. The Bertz CT molecular complexity index is 847. The van der Waals surface area contributed by atoms with E-state index < -0.39 is 0 Å². The molecule has 0 saturated carbocycles. The average Bonchev–Trinajstić information content (AvgIpc) is 2.78. The predicted molar refractivity (Wildman–Crippen MR) is 120 cm³/mol. The molecule has 0 bridgehead atoms. The van der Waals surface area contributed by atoms with Crippen molar-refractivity contribution >= 4 is 5.96 Å². The van der Waals surface area contributed by atoms with Gasteiger partial charge in [0.1, 0.15) is 0 Å². The summed E-state index contributed by atoms with van der Waals surface area (Å²) in [6.45, 7) is 5.65. The lowest BCUT2D eigenvalue weighted by Gasteiger charge is -2.33. The molecule has 30 heavy (non-hydrogen) atoms. The Hall–Kier alpha value is -2.60. The van der Waals surface area contributed by atoms with Crippen molar-refractivity contribution in [1.29, 1.82) is 0 Å². The maximum Gasteiger partial charge on any atom is 0.191 e. The van der Waals surface area contributed by atoms with Gasteiger partial charge in [-0.2, -0.15) is 0 Å². The van der Waals surface area contributed by atoms with Gasteiger partial charge in [-0.05, 0) is 48.1 Å². The minimum atomic E-state index is -0.300. The van der Waals surface area contributed by atoms with Crippen LogP contribution in [0.5, 0.6) is 5.75 Å². The third kappa shape index (κ3) is 5.95. The quantitative estimate of drug-likeness (QED) is 0.538. The number of nitrogens with one attached hydrogen (secondary N) is 2. The fraction of sp³-hybridized carbons (Fsp3) is 0.458. The van der Waals surface area contributed by atoms with Crippen LogP contribution in [0.1, 0.15) is 36.5 Å². The van der Waals surface area contributed by atoms with Crippen molar-refractivity contribution in [2.24, 2.45) is 4.99 Å². The van der Waals surface area contributed by atoms with E-state index in [0.717, 1.165) is 57.0 Å². The number of likely N-dealkylation sites (tertiary alicyclic amines) is 1. The van der Waals surface area contributed by atoms with E-state index in [1.54, 1.807) is 12.1 Å². The number of benzene rings is 2. The Balaban J connectivity index is 1.45. The maximum absolute atomic E-state index is 13.9. The van der Waals surface area contributed by atoms with Crippen LogP contribution in [0.25, 0.3) is 0 Å². The van der Waals surface area contributed by atoms with Gasteiger partial charge in [-0.15, -0.1) is 0 Å². The summed E-state index contributed by atoms with van der Waals surface area (Å²) in [5, 5.41) is 7.01. The number of nitrogens with zero attached hydrogens (tertiary/aromatic N) is 2. The Labute approximate surface area is 179 Å². The van der Waals surface area contributed by atoms with Crippen LogP contribution in [-0.4, -0.2) is 44.1 Å². The highest BCUT2D eigenvalue weighted by molar-refractivity contribution is 5.80. The molecule has 1 aliphatic heterocycles. The molecule has 0 spiro atoms. The third-order valence-electron chi connectivity index (χ3n) is 5.72. The van der Waals surface area contributed by atoms with Crippen LogP contribution in [0.3, 0.4) is 0 Å². The standard InChI is InChI=1S/C24H33FN4O/c1-4-19-7-5-6-8-20(19)16-27-24(26-2)28-21-11-13-29(14-12-21)17-18-9-10-23(30-3)22(25)15-18/h5-10,15,21H,4,11-14,16-17H2,1-3H3,(H2,26,27,28). The monoisotopic (exact) mass is 412 g/mol. The number of hydrogen-bond donors (Lipinski definition) is 2. The van der Waals surface area contributed by atoms with Crippen molar-refractivity contribution < 1.29 is 9.13 Å². The molecule has 0 aliphatic carbocycles. The lowest BCUT2D eigenvalue weighted by molar-refractivity contribution is 0.198. The zero-order valence-electron chi connectivity index (χ0n) is 18.2. The molecule has 0 amide bonds. The van der Waals surface area contributed by atoms with Gasteiger partial charge < -0.3 is 15.4 Å². The molecule has 2 aromatic rings. The van der Waals surface area contributed by atoms with Crippen LogP contribution in [0.15, 0.2) is 47.5 Å². The van der Waals surface area contributed by atoms with Crippen molar-refractivity contribution in [1.82, 2.24) is 15.5 Å². The van der Waals surface area contributed by atoms with Gasteiger partial charge in [0.05, 0.1) is 7.11 Å². The topological polar surface area (TPSA) is 48.9 Å². The van der Waals surface area contributed by atoms with E-state index >= 15 is 0 Å². The summed E-state index contributed by atoms with van der Waals surface area (Å²) >= 11 is 0. The van der Waals surface area contributed by atoms with Crippen LogP contribution in [0.4, 0.5) is 4.39 Å². The van der Waals surface area contributed by atoms with E-state index in [4.69, 9.17) is 4.74 Å². The largest absolute Gasteiger partial charge is 0.494 e. The summed E-state index contributed by atoms with van der Waals surface area (Å²) in [5.74, 6) is 0.838. The van der Waals surface area contributed by atoms with Crippen molar-refractivity contribution in [3.8, 4) is 5.75 Å². The van der Waals surface area contributed by atoms with Crippen LogP contribution >= 0.6 is 0 Å². The molecule has 1 fully saturated rings. The van der Waals surface area contributed by atoms with E-state index in [1.807, 2.05) is 13.1 Å². The van der Waals surface area contributed by atoms with Gasteiger partial charge in [0.15, 0.2) is 17.5 Å². The summed E-state index contributed by atoms with van der Waals surface area (Å²) in [6, 6.07) is 14.1. The highest BCUT2D eigenvalue weighted by Gasteiger charge is 2.20. The van der Waals surface area contributed by atoms with Crippen molar-refractivity contribution in [3.05, 3.63) is 65.0 Å². The van der Waals surface area contributed by atoms with E-state index in [1.165, 1.54) is 18.2 Å². The molecule has 0 aromatic heterocycles. The third-order valence-corrected chi connectivity index (χ3v) is 5.72. The molecular formula is C24H33FN4O. The van der Waals surface area contributed by atoms with Gasteiger partial charge in [0.2, 0.25) is 0 Å². The Morgan fingerprint density at radius 2 is 1.90 bits per heavy atom. The molecule has 0 unspecified atom stereocenters. The van der Waals surface area contributed by atoms with Crippen LogP contribution in [0.2, 0.25) is 0 Å². The lowest BCUT2D eigenvalue weighted by Crippen LogP contribution is -2.48. The zero-order chi connectivity index (χ0) is 21.3. The maximum atomic E-state index is 13.9. The fourth-order valence-electron chi connectivity index (χ4n) is 3.94. The normalized spacial score (nSPS) is 15.8. The van der Waals surface area contributed by atoms with Gasteiger partial charge in [0.25, 0.3) is 0 Å². The second kappa shape index (κ2) is 11.0. The second-order valence-corrected chi connectivity index (χ2v) is 7.71. The number of piperidine rings is 1. The van der Waals surface area contributed by atoms with E-state index in [-0.39, 0.29) is 5.82 Å². The number of halogens is 1. The van der Waals surface area contributed by atoms with E-state index in [2.05, 4.69) is 51.7 Å². The van der Waals surface area contributed by atoms with Crippen molar-refractivity contribution in [2.75, 3.05) is 27.2 Å². The summed E-state index contributed by atoms with van der Waals surface area (Å²) in [5.41, 5.74) is 3.65. The molecule has 2 N–H and O–H groups in total. The van der Waals surface area contributed by atoms with Crippen LogP contribution in [0, 0.1) is 5.82 Å². The van der Waals surface area contributed by atoms with Crippen molar-refractivity contribution in [3.63, 3.8) is 0 Å². The minimum absolute atomic E-state index is 0.294. The summed E-state index contributed by atoms with van der Waals surface area (Å²) < 4.78 is 18.9. The Morgan fingerprint density at radius 3 is 2.53 bits per heavy atom. The second-order valence-electron chi connectivity index (χ2n) is 7.71. The first-order valence-electron chi connectivity index (χ1n) is 10.7. The smallest absolute Gasteiger partial charge is 0.191 e.